The summed E-state index contributed by atoms with van der Waals surface area (Å²) in [6.45, 7) is 0.525. The highest BCUT2D eigenvalue weighted by Gasteiger charge is 2.47. The molecule has 7 heteroatoms. The Bertz CT molecular complexity index is 620. The first-order valence-corrected chi connectivity index (χ1v) is 7.61. The van der Waals surface area contributed by atoms with Gasteiger partial charge in [-0.3, -0.25) is 9.59 Å². The number of nitrogens with two attached hydrogens (primary N) is 1. The quantitative estimate of drug-likeness (QED) is 0.820. The molecule has 2 fully saturated rings. The van der Waals surface area contributed by atoms with E-state index in [1.165, 1.54) is 0 Å². The van der Waals surface area contributed by atoms with Crippen molar-refractivity contribution in [2.24, 2.45) is 5.73 Å². The molecule has 124 valence electrons. The van der Waals surface area contributed by atoms with Crippen LogP contribution in [-0.4, -0.2) is 44.2 Å². The topological polar surface area (TPSA) is 93.9 Å². The van der Waals surface area contributed by atoms with Gasteiger partial charge in [-0.1, -0.05) is 0 Å². The van der Waals surface area contributed by atoms with Crippen LogP contribution in [0.4, 0.5) is 5.69 Å². The van der Waals surface area contributed by atoms with Crippen LogP contribution in [-0.2, 0) is 9.59 Å². The molecule has 1 aliphatic carbocycles. The average Bonchev–Trinajstić information content (AvgIpc) is 3.22. The SMILES string of the molecule is COc1cc(OC)cc(N2CCC(NC(=O)C3(N)CC3)C2=O)c1. The largest absolute Gasteiger partial charge is 0.497 e. The number of rotatable bonds is 5. The monoisotopic (exact) mass is 319 g/mol. The molecule has 3 N–H and O–H groups in total. The van der Waals surface area contributed by atoms with E-state index in [1.54, 1.807) is 37.3 Å². The second-order valence-electron chi connectivity index (χ2n) is 6.03. The van der Waals surface area contributed by atoms with Gasteiger partial charge in [0.15, 0.2) is 0 Å². The van der Waals surface area contributed by atoms with Gasteiger partial charge >= 0.3 is 0 Å². The van der Waals surface area contributed by atoms with Crippen LogP contribution < -0.4 is 25.4 Å². The highest BCUT2D eigenvalue weighted by atomic mass is 16.5. The van der Waals surface area contributed by atoms with Crippen molar-refractivity contribution in [3.05, 3.63) is 18.2 Å². The van der Waals surface area contributed by atoms with E-state index in [0.29, 0.717) is 43.0 Å². The predicted octanol–water partition coefficient (Wildman–Crippen LogP) is 0.417. The Morgan fingerprint density at radius 2 is 1.87 bits per heavy atom. The highest BCUT2D eigenvalue weighted by molar-refractivity contribution is 6.02. The van der Waals surface area contributed by atoms with E-state index in [9.17, 15) is 9.59 Å². The van der Waals surface area contributed by atoms with E-state index in [-0.39, 0.29) is 11.8 Å². The first-order valence-electron chi connectivity index (χ1n) is 7.61. The minimum absolute atomic E-state index is 0.141. The van der Waals surface area contributed by atoms with Gasteiger partial charge in [0.05, 0.1) is 25.4 Å². The summed E-state index contributed by atoms with van der Waals surface area (Å²) in [6.07, 6.45) is 1.91. The van der Waals surface area contributed by atoms with Crippen LogP contribution >= 0.6 is 0 Å². The third-order valence-corrected chi connectivity index (χ3v) is 4.40. The summed E-state index contributed by atoms with van der Waals surface area (Å²) >= 11 is 0. The fourth-order valence-corrected chi connectivity index (χ4v) is 2.68. The molecule has 0 aromatic heterocycles. The Morgan fingerprint density at radius 3 is 2.39 bits per heavy atom. The van der Waals surface area contributed by atoms with Crippen molar-refractivity contribution >= 4 is 17.5 Å². The van der Waals surface area contributed by atoms with Crippen molar-refractivity contribution in [1.82, 2.24) is 5.32 Å². The molecule has 1 atom stereocenters. The second-order valence-corrected chi connectivity index (χ2v) is 6.03. The third kappa shape index (κ3) is 2.96. The van der Waals surface area contributed by atoms with Crippen molar-refractivity contribution in [2.45, 2.75) is 30.8 Å². The van der Waals surface area contributed by atoms with Crippen LogP contribution in [0.15, 0.2) is 18.2 Å². The lowest BCUT2D eigenvalue weighted by Crippen LogP contribution is -2.49. The van der Waals surface area contributed by atoms with Crippen molar-refractivity contribution < 1.29 is 19.1 Å². The number of hydrogen-bond donors (Lipinski definition) is 2. The molecule has 0 radical (unpaired) electrons. The number of hydrogen-bond acceptors (Lipinski definition) is 5. The van der Waals surface area contributed by atoms with Gasteiger partial charge < -0.3 is 25.4 Å². The molecule has 1 heterocycles. The van der Waals surface area contributed by atoms with Gasteiger partial charge in [-0.2, -0.15) is 0 Å². The predicted molar refractivity (Wildman–Crippen MR) is 84.6 cm³/mol. The summed E-state index contributed by atoms with van der Waals surface area (Å²) in [4.78, 5) is 26.2. The van der Waals surface area contributed by atoms with E-state index in [4.69, 9.17) is 15.2 Å². The minimum Gasteiger partial charge on any atom is -0.497 e. The summed E-state index contributed by atoms with van der Waals surface area (Å²) in [5, 5.41) is 2.77. The van der Waals surface area contributed by atoms with Gasteiger partial charge in [0.1, 0.15) is 17.5 Å². The maximum atomic E-state index is 12.6. The fraction of sp³-hybridized carbons (Fsp3) is 0.500. The summed E-state index contributed by atoms with van der Waals surface area (Å²) in [6, 6.07) is 4.77. The van der Waals surface area contributed by atoms with Gasteiger partial charge in [-0.05, 0) is 19.3 Å². The van der Waals surface area contributed by atoms with Crippen molar-refractivity contribution in [3.63, 3.8) is 0 Å². The molecule has 1 aromatic carbocycles. The number of benzene rings is 1. The summed E-state index contributed by atoms with van der Waals surface area (Å²) in [7, 11) is 3.12. The van der Waals surface area contributed by atoms with E-state index in [0.717, 1.165) is 0 Å². The number of nitrogens with one attached hydrogen (secondary N) is 1. The molecule has 1 saturated heterocycles. The smallest absolute Gasteiger partial charge is 0.249 e. The van der Waals surface area contributed by atoms with Crippen LogP contribution in [0.3, 0.4) is 0 Å². The second kappa shape index (κ2) is 5.73. The van der Waals surface area contributed by atoms with Gasteiger partial charge in [0.2, 0.25) is 11.8 Å². The molecule has 7 nitrogen and oxygen atoms in total. The highest BCUT2D eigenvalue weighted by Crippen LogP contribution is 2.34. The maximum absolute atomic E-state index is 12.6. The number of nitrogens with zero attached hydrogens (tertiary/aromatic N) is 1. The third-order valence-electron chi connectivity index (χ3n) is 4.40. The Balaban J connectivity index is 1.75. The first kappa shape index (κ1) is 15.6. The molecule has 0 bridgehead atoms. The zero-order valence-corrected chi connectivity index (χ0v) is 13.3. The molecular formula is C16H21N3O4. The van der Waals surface area contributed by atoms with Crippen LogP contribution in [0.2, 0.25) is 0 Å². The lowest BCUT2D eigenvalue weighted by molar-refractivity contribution is -0.127. The Hall–Kier alpha value is -2.28. The zero-order chi connectivity index (χ0) is 16.6. The molecule has 1 saturated carbocycles. The summed E-state index contributed by atoms with van der Waals surface area (Å²) in [5.74, 6) is 0.843. The molecule has 1 aromatic rings. The fourth-order valence-electron chi connectivity index (χ4n) is 2.68. The van der Waals surface area contributed by atoms with Crippen molar-refractivity contribution in [3.8, 4) is 11.5 Å². The number of carbonyl (C=O) groups is 2. The van der Waals surface area contributed by atoms with E-state index in [1.807, 2.05) is 0 Å². The molecule has 0 spiro atoms. The lowest BCUT2D eigenvalue weighted by Gasteiger charge is -2.19. The Morgan fingerprint density at radius 1 is 1.26 bits per heavy atom. The summed E-state index contributed by atoms with van der Waals surface area (Å²) in [5.41, 5.74) is 5.79. The number of carbonyl (C=O) groups excluding carboxylic acids is 2. The van der Waals surface area contributed by atoms with Gasteiger partial charge in [0.25, 0.3) is 0 Å². The van der Waals surface area contributed by atoms with Crippen molar-refractivity contribution in [1.29, 1.82) is 0 Å². The van der Waals surface area contributed by atoms with Crippen LogP contribution in [0.25, 0.3) is 0 Å². The minimum atomic E-state index is -0.771. The van der Waals surface area contributed by atoms with Crippen molar-refractivity contribution in [2.75, 3.05) is 25.7 Å². The van der Waals surface area contributed by atoms with E-state index >= 15 is 0 Å². The zero-order valence-electron chi connectivity index (χ0n) is 13.3. The van der Waals surface area contributed by atoms with Crippen LogP contribution in [0.1, 0.15) is 19.3 Å². The molecule has 23 heavy (non-hydrogen) atoms. The van der Waals surface area contributed by atoms with E-state index in [2.05, 4.69) is 5.32 Å². The normalized spacial score (nSPS) is 22.0. The number of anilines is 1. The van der Waals surface area contributed by atoms with Gasteiger partial charge in [-0.25, -0.2) is 0 Å². The molecule has 2 amide bonds. The van der Waals surface area contributed by atoms with Crippen LogP contribution in [0.5, 0.6) is 11.5 Å². The number of ether oxygens (including phenoxy) is 2. The number of methoxy groups -OCH3 is 2. The summed E-state index contributed by atoms with van der Waals surface area (Å²) < 4.78 is 10.5. The maximum Gasteiger partial charge on any atom is 0.249 e. The molecule has 2 aliphatic rings. The van der Waals surface area contributed by atoms with Gasteiger partial charge in [-0.15, -0.1) is 0 Å². The molecule has 1 aliphatic heterocycles. The first-order chi connectivity index (χ1) is 11.0. The average molecular weight is 319 g/mol. The van der Waals surface area contributed by atoms with E-state index < -0.39 is 11.6 Å². The van der Waals surface area contributed by atoms with Gasteiger partial charge in [0, 0.05) is 24.7 Å². The molecule has 1 unspecified atom stereocenters. The van der Waals surface area contributed by atoms with Crippen LogP contribution in [0, 0.1) is 0 Å². The number of amides is 2. The Labute approximate surface area is 134 Å². The molecule has 3 rings (SSSR count). The molecular weight excluding hydrogens is 298 g/mol. The Kier molecular flexibility index (Phi) is 3.89. The lowest BCUT2D eigenvalue weighted by atomic mass is 10.2. The standard InChI is InChI=1S/C16H21N3O4/c1-22-11-7-10(8-12(9-11)23-2)19-6-3-13(14(19)20)18-15(21)16(17)4-5-16/h7-9,13H,3-6,17H2,1-2H3,(H,18,21).